The molecule has 1 aliphatic rings. The maximum Gasteiger partial charge on any atom is 0.0552 e. The second-order valence-electron chi connectivity index (χ2n) is 6.15. The van der Waals surface area contributed by atoms with Gasteiger partial charge in [0, 0.05) is 24.7 Å². The van der Waals surface area contributed by atoms with Gasteiger partial charge < -0.3 is 4.90 Å². The average Bonchev–Trinajstić information content (AvgIpc) is 2.82. The molecule has 18 heavy (non-hydrogen) atoms. The van der Waals surface area contributed by atoms with E-state index in [9.17, 15) is 0 Å². The molecule has 2 rings (SSSR count). The van der Waals surface area contributed by atoms with Gasteiger partial charge in [-0.05, 0) is 36.8 Å². The van der Waals surface area contributed by atoms with Gasteiger partial charge in [-0.3, -0.25) is 4.98 Å². The van der Waals surface area contributed by atoms with Crippen molar-refractivity contribution >= 4 is 5.69 Å². The van der Waals surface area contributed by atoms with Gasteiger partial charge in [-0.25, -0.2) is 0 Å². The molecule has 0 N–H and O–H groups in total. The number of aromatic nitrogens is 1. The molecular weight excluding hydrogens is 220 g/mol. The highest BCUT2D eigenvalue weighted by Gasteiger charge is 2.21. The standard InChI is InChI=1S/C16H26N2/c1-12(2)16(13(3)4)15-8-7-14(11-17-15)18-9-5-6-10-18/h7-8,11-13,16H,5-6,9-10H2,1-4H3. The van der Waals surface area contributed by atoms with Crippen molar-refractivity contribution < 1.29 is 0 Å². The number of rotatable bonds is 4. The first-order valence-corrected chi connectivity index (χ1v) is 7.30. The lowest BCUT2D eigenvalue weighted by molar-refractivity contribution is 0.380. The van der Waals surface area contributed by atoms with Gasteiger partial charge in [0.1, 0.15) is 0 Å². The molecule has 0 aromatic carbocycles. The van der Waals surface area contributed by atoms with Gasteiger partial charge in [0.2, 0.25) is 0 Å². The van der Waals surface area contributed by atoms with Crippen LogP contribution in [0.5, 0.6) is 0 Å². The van der Waals surface area contributed by atoms with Gasteiger partial charge in [0.05, 0.1) is 11.9 Å². The van der Waals surface area contributed by atoms with Crippen LogP contribution in [0, 0.1) is 11.8 Å². The van der Waals surface area contributed by atoms with Crippen LogP contribution in [0.2, 0.25) is 0 Å². The summed E-state index contributed by atoms with van der Waals surface area (Å²) in [6.45, 7) is 11.6. The molecule has 100 valence electrons. The Morgan fingerprint density at radius 3 is 2.06 bits per heavy atom. The van der Waals surface area contributed by atoms with E-state index in [1.807, 2.05) is 0 Å². The molecule has 1 aromatic rings. The third kappa shape index (κ3) is 2.85. The molecule has 0 saturated carbocycles. The highest BCUT2D eigenvalue weighted by Crippen LogP contribution is 2.31. The summed E-state index contributed by atoms with van der Waals surface area (Å²) < 4.78 is 0. The van der Waals surface area contributed by atoms with Crippen molar-refractivity contribution in [3.05, 3.63) is 24.0 Å². The minimum atomic E-state index is 0.567. The van der Waals surface area contributed by atoms with Crippen LogP contribution >= 0.6 is 0 Å². The van der Waals surface area contributed by atoms with Crippen LogP contribution < -0.4 is 4.90 Å². The first-order valence-electron chi connectivity index (χ1n) is 7.30. The van der Waals surface area contributed by atoms with Crippen LogP contribution in [0.25, 0.3) is 0 Å². The number of hydrogen-bond acceptors (Lipinski definition) is 2. The Bertz CT molecular complexity index is 353. The highest BCUT2D eigenvalue weighted by molar-refractivity contribution is 5.45. The fourth-order valence-corrected chi connectivity index (χ4v) is 3.21. The van der Waals surface area contributed by atoms with E-state index in [0.29, 0.717) is 17.8 Å². The van der Waals surface area contributed by atoms with E-state index in [-0.39, 0.29) is 0 Å². The Balaban J connectivity index is 2.15. The molecule has 2 heterocycles. The van der Waals surface area contributed by atoms with Crippen LogP contribution in [0.3, 0.4) is 0 Å². The fourth-order valence-electron chi connectivity index (χ4n) is 3.21. The topological polar surface area (TPSA) is 16.1 Å². The maximum atomic E-state index is 4.72. The van der Waals surface area contributed by atoms with E-state index < -0.39 is 0 Å². The lowest BCUT2D eigenvalue weighted by Crippen LogP contribution is -2.19. The van der Waals surface area contributed by atoms with E-state index in [1.165, 1.54) is 37.3 Å². The van der Waals surface area contributed by atoms with Gasteiger partial charge in [0.15, 0.2) is 0 Å². The second-order valence-corrected chi connectivity index (χ2v) is 6.15. The molecule has 0 atom stereocenters. The molecular formula is C16H26N2. The normalized spacial score (nSPS) is 16.3. The Kier molecular flexibility index (Phi) is 4.26. The molecule has 1 saturated heterocycles. The molecule has 0 spiro atoms. The largest absolute Gasteiger partial charge is 0.370 e. The van der Waals surface area contributed by atoms with E-state index >= 15 is 0 Å². The summed E-state index contributed by atoms with van der Waals surface area (Å²) in [5.41, 5.74) is 2.55. The number of hydrogen-bond donors (Lipinski definition) is 0. The predicted molar refractivity (Wildman–Crippen MR) is 78.1 cm³/mol. The smallest absolute Gasteiger partial charge is 0.0552 e. The van der Waals surface area contributed by atoms with E-state index in [4.69, 9.17) is 4.98 Å². The molecule has 1 fully saturated rings. The Morgan fingerprint density at radius 1 is 1.00 bits per heavy atom. The summed E-state index contributed by atoms with van der Waals surface area (Å²) in [6.07, 6.45) is 4.71. The van der Waals surface area contributed by atoms with E-state index in [0.717, 1.165) is 0 Å². The highest BCUT2D eigenvalue weighted by atomic mass is 15.1. The SMILES string of the molecule is CC(C)C(c1ccc(N2CCCC2)cn1)C(C)C. The lowest BCUT2D eigenvalue weighted by atomic mass is 9.83. The summed E-state index contributed by atoms with van der Waals surface area (Å²) in [5, 5.41) is 0. The molecule has 2 heteroatoms. The summed E-state index contributed by atoms with van der Waals surface area (Å²) in [5.74, 6) is 1.86. The summed E-state index contributed by atoms with van der Waals surface area (Å²) in [4.78, 5) is 7.17. The Labute approximate surface area is 111 Å². The molecule has 0 unspecified atom stereocenters. The number of pyridine rings is 1. The molecule has 1 aromatic heterocycles. The average molecular weight is 246 g/mol. The fraction of sp³-hybridized carbons (Fsp3) is 0.688. The third-order valence-electron chi connectivity index (χ3n) is 4.02. The summed E-state index contributed by atoms with van der Waals surface area (Å²) in [6, 6.07) is 4.49. The van der Waals surface area contributed by atoms with Crippen molar-refractivity contribution in [3.63, 3.8) is 0 Å². The molecule has 0 aliphatic carbocycles. The quantitative estimate of drug-likeness (QED) is 0.796. The summed E-state index contributed by atoms with van der Waals surface area (Å²) >= 11 is 0. The molecule has 0 bridgehead atoms. The second kappa shape index (κ2) is 5.73. The number of anilines is 1. The van der Waals surface area contributed by atoms with Crippen molar-refractivity contribution in [2.24, 2.45) is 11.8 Å². The maximum absolute atomic E-state index is 4.72. The first kappa shape index (κ1) is 13.4. The lowest BCUT2D eigenvalue weighted by Gasteiger charge is -2.25. The minimum Gasteiger partial charge on any atom is -0.370 e. The van der Waals surface area contributed by atoms with Gasteiger partial charge in [-0.15, -0.1) is 0 Å². The van der Waals surface area contributed by atoms with Crippen LogP contribution in [-0.2, 0) is 0 Å². The Hall–Kier alpha value is -1.05. The van der Waals surface area contributed by atoms with Crippen LogP contribution in [-0.4, -0.2) is 18.1 Å². The zero-order valence-corrected chi connectivity index (χ0v) is 12.2. The monoisotopic (exact) mass is 246 g/mol. The van der Waals surface area contributed by atoms with Crippen molar-refractivity contribution in [3.8, 4) is 0 Å². The molecule has 0 radical (unpaired) electrons. The van der Waals surface area contributed by atoms with Crippen molar-refractivity contribution in [1.29, 1.82) is 0 Å². The molecule has 1 aliphatic heterocycles. The Morgan fingerprint density at radius 2 is 1.61 bits per heavy atom. The van der Waals surface area contributed by atoms with Crippen molar-refractivity contribution in [2.75, 3.05) is 18.0 Å². The predicted octanol–water partition coefficient (Wildman–Crippen LogP) is 4.08. The zero-order valence-electron chi connectivity index (χ0n) is 12.2. The molecule has 2 nitrogen and oxygen atoms in total. The van der Waals surface area contributed by atoms with Crippen LogP contribution in [0.15, 0.2) is 18.3 Å². The van der Waals surface area contributed by atoms with E-state index in [2.05, 4.69) is 50.9 Å². The number of nitrogens with zero attached hydrogens (tertiary/aromatic N) is 2. The van der Waals surface area contributed by atoms with Crippen molar-refractivity contribution in [1.82, 2.24) is 4.98 Å². The third-order valence-corrected chi connectivity index (χ3v) is 4.02. The van der Waals surface area contributed by atoms with Gasteiger partial charge >= 0.3 is 0 Å². The summed E-state index contributed by atoms with van der Waals surface area (Å²) in [7, 11) is 0. The van der Waals surface area contributed by atoms with Crippen LogP contribution in [0.1, 0.15) is 52.1 Å². The van der Waals surface area contributed by atoms with Gasteiger partial charge in [-0.1, -0.05) is 27.7 Å². The van der Waals surface area contributed by atoms with Crippen molar-refractivity contribution in [2.45, 2.75) is 46.5 Å². The molecule has 0 amide bonds. The van der Waals surface area contributed by atoms with Gasteiger partial charge in [0.25, 0.3) is 0 Å². The van der Waals surface area contributed by atoms with Gasteiger partial charge in [-0.2, -0.15) is 0 Å². The first-order chi connectivity index (χ1) is 8.59. The zero-order chi connectivity index (χ0) is 13.1. The minimum absolute atomic E-state index is 0.567. The van der Waals surface area contributed by atoms with E-state index in [1.54, 1.807) is 0 Å². The van der Waals surface area contributed by atoms with Crippen LogP contribution in [0.4, 0.5) is 5.69 Å².